The van der Waals surface area contributed by atoms with Crippen LogP contribution in [0.2, 0.25) is 0 Å². The maximum Gasteiger partial charge on any atom is 0.522 e. The number of rotatable bonds is 5. The summed E-state index contributed by atoms with van der Waals surface area (Å²) in [5, 5.41) is 8.87. The molecule has 0 atom stereocenters. The summed E-state index contributed by atoms with van der Waals surface area (Å²) >= 11 is 0. The highest BCUT2D eigenvalue weighted by Gasteiger charge is 2.28. The van der Waals surface area contributed by atoms with Crippen molar-refractivity contribution in [2.24, 2.45) is 0 Å². The predicted molar refractivity (Wildman–Crippen MR) is 49.8 cm³/mol. The van der Waals surface area contributed by atoms with E-state index in [2.05, 4.69) is 4.74 Å². The van der Waals surface area contributed by atoms with Crippen molar-refractivity contribution in [3.63, 3.8) is 0 Å². The molecule has 0 saturated carbocycles. The van der Waals surface area contributed by atoms with Gasteiger partial charge in [-0.1, -0.05) is 12.1 Å². The molecule has 0 aliphatic heterocycles. The Morgan fingerprint density at radius 1 is 1.18 bits per heavy atom. The fourth-order valence-electron chi connectivity index (χ4n) is 1.14. The molecule has 0 bridgehead atoms. The number of hydrogen-bond donors (Lipinski definition) is 1. The molecule has 0 aliphatic carbocycles. The largest absolute Gasteiger partial charge is 0.522 e. The van der Waals surface area contributed by atoms with Gasteiger partial charge in [0.2, 0.25) is 0 Å². The van der Waals surface area contributed by atoms with Gasteiger partial charge in [-0.15, -0.1) is 13.2 Å². The minimum absolute atomic E-state index is 0.164. The molecule has 0 fully saturated rings. The Hall–Kier alpha value is -1.34. The van der Waals surface area contributed by atoms with E-state index in [4.69, 9.17) is 9.84 Å². The van der Waals surface area contributed by atoms with Crippen molar-refractivity contribution in [3.05, 3.63) is 29.6 Å². The van der Waals surface area contributed by atoms with Crippen LogP contribution in [0.15, 0.2) is 18.2 Å². The molecule has 0 aromatic heterocycles. The zero-order valence-corrected chi connectivity index (χ0v) is 8.63. The maximum absolute atomic E-state index is 13.2. The van der Waals surface area contributed by atoms with Gasteiger partial charge in [0.15, 0.2) is 11.6 Å². The lowest BCUT2D eigenvalue weighted by atomic mass is 10.2. The lowest BCUT2D eigenvalue weighted by Gasteiger charge is -2.12. The average molecular weight is 254 g/mol. The van der Waals surface area contributed by atoms with Crippen LogP contribution in [0.4, 0.5) is 17.6 Å². The molecule has 1 aromatic carbocycles. The number of ether oxygens (including phenoxy) is 2. The molecule has 0 radical (unpaired) electrons. The quantitative estimate of drug-likeness (QED) is 0.647. The van der Waals surface area contributed by atoms with Crippen LogP contribution in [-0.4, -0.2) is 24.7 Å². The topological polar surface area (TPSA) is 38.7 Å². The van der Waals surface area contributed by atoms with Gasteiger partial charge in [0, 0.05) is 5.56 Å². The summed E-state index contributed by atoms with van der Waals surface area (Å²) in [6.45, 7) is -1.68. The third-order valence-electron chi connectivity index (χ3n) is 1.81. The number of aliphatic hydroxyl groups excluding tert-OH is 1. The SMILES string of the molecule is OCc1cccc(F)c1OCCOC(F)(F)F. The average Bonchev–Trinajstić information content (AvgIpc) is 2.24. The molecule has 0 spiro atoms. The minimum atomic E-state index is -4.74. The summed E-state index contributed by atoms with van der Waals surface area (Å²) in [6, 6.07) is 3.85. The molecular weight excluding hydrogens is 244 g/mol. The van der Waals surface area contributed by atoms with E-state index in [0.29, 0.717) is 0 Å². The number of halogens is 4. The second-order valence-electron chi connectivity index (χ2n) is 3.03. The molecule has 1 rings (SSSR count). The van der Waals surface area contributed by atoms with Gasteiger partial charge < -0.3 is 9.84 Å². The Kier molecular flexibility index (Phi) is 4.71. The number of alkyl halides is 3. The van der Waals surface area contributed by atoms with Crippen LogP contribution < -0.4 is 4.74 Å². The highest BCUT2D eigenvalue weighted by molar-refractivity contribution is 5.34. The van der Waals surface area contributed by atoms with Crippen molar-refractivity contribution in [2.75, 3.05) is 13.2 Å². The monoisotopic (exact) mass is 254 g/mol. The van der Waals surface area contributed by atoms with E-state index in [1.54, 1.807) is 0 Å². The van der Waals surface area contributed by atoms with Crippen LogP contribution in [0, 0.1) is 5.82 Å². The van der Waals surface area contributed by atoms with E-state index >= 15 is 0 Å². The van der Waals surface area contributed by atoms with Crippen molar-refractivity contribution < 1.29 is 32.1 Å². The van der Waals surface area contributed by atoms with Crippen LogP contribution in [0.25, 0.3) is 0 Å². The third-order valence-corrected chi connectivity index (χ3v) is 1.81. The smallest absolute Gasteiger partial charge is 0.488 e. The normalized spacial score (nSPS) is 11.6. The van der Waals surface area contributed by atoms with Gasteiger partial charge in [-0.3, -0.25) is 4.74 Å². The maximum atomic E-state index is 13.2. The third kappa shape index (κ3) is 4.58. The lowest BCUT2D eigenvalue weighted by molar-refractivity contribution is -0.325. The van der Waals surface area contributed by atoms with Crippen molar-refractivity contribution in [1.82, 2.24) is 0 Å². The Bertz CT molecular complexity index is 365. The summed E-state index contributed by atoms with van der Waals surface area (Å²) in [4.78, 5) is 0. The zero-order chi connectivity index (χ0) is 12.9. The summed E-state index contributed by atoms with van der Waals surface area (Å²) in [5.74, 6) is -1.01. The van der Waals surface area contributed by atoms with Crippen LogP contribution in [0.5, 0.6) is 5.75 Å². The van der Waals surface area contributed by atoms with Gasteiger partial charge in [-0.25, -0.2) is 4.39 Å². The van der Waals surface area contributed by atoms with E-state index in [-0.39, 0.29) is 11.3 Å². The standard InChI is InChI=1S/C10H10F4O3/c11-8-3-1-2-7(6-15)9(8)16-4-5-17-10(12,13)14/h1-3,15H,4-6H2. The first kappa shape index (κ1) is 13.7. The second kappa shape index (κ2) is 5.83. The number of para-hydroxylation sites is 1. The first-order valence-electron chi connectivity index (χ1n) is 4.66. The molecule has 0 saturated heterocycles. The van der Waals surface area contributed by atoms with E-state index in [1.165, 1.54) is 12.1 Å². The van der Waals surface area contributed by atoms with Crippen molar-refractivity contribution in [2.45, 2.75) is 13.0 Å². The highest BCUT2D eigenvalue weighted by Crippen LogP contribution is 2.23. The first-order chi connectivity index (χ1) is 7.94. The van der Waals surface area contributed by atoms with E-state index in [0.717, 1.165) is 6.07 Å². The van der Waals surface area contributed by atoms with Crippen molar-refractivity contribution >= 4 is 0 Å². The zero-order valence-electron chi connectivity index (χ0n) is 8.63. The van der Waals surface area contributed by atoms with Crippen LogP contribution in [-0.2, 0) is 11.3 Å². The molecule has 3 nitrogen and oxygen atoms in total. The highest BCUT2D eigenvalue weighted by atomic mass is 19.4. The van der Waals surface area contributed by atoms with Gasteiger partial charge in [-0.2, -0.15) is 0 Å². The molecule has 1 aromatic rings. The Morgan fingerprint density at radius 2 is 1.88 bits per heavy atom. The van der Waals surface area contributed by atoms with Crippen LogP contribution in [0.3, 0.4) is 0 Å². The summed E-state index contributed by atoms with van der Waals surface area (Å²) in [7, 11) is 0. The van der Waals surface area contributed by atoms with Gasteiger partial charge in [0.05, 0.1) is 13.2 Å². The molecule has 0 heterocycles. The lowest BCUT2D eigenvalue weighted by Crippen LogP contribution is -2.18. The summed E-state index contributed by atoms with van der Waals surface area (Å²) < 4.78 is 56.3. The first-order valence-corrected chi connectivity index (χ1v) is 4.66. The fraction of sp³-hybridized carbons (Fsp3) is 0.400. The molecule has 0 unspecified atom stereocenters. The fourth-order valence-corrected chi connectivity index (χ4v) is 1.14. The Balaban J connectivity index is 2.52. The minimum Gasteiger partial charge on any atom is -0.488 e. The number of aliphatic hydroxyl groups is 1. The van der Waals surface area contributed by atoms with Gasteiger partial charge in [-0.05, 0) is 6.07 Å². The van der Waals surface area contributed by atoms with E-state index in [9.17, 15) is 17.6 Å². The Labute approximate surface area is 94.6 Å². The van der Waals surface area contributed by atoms with Crippen molar-refractivity contribution in [1.29, 1.82) is 0 Å². The van der Waals surface area contributed by atoms with Crippen LogP contribution >= 0.6 is 0 Å². The molecule has 1 N–H and O–H groups in total. The molecular formula is C10H10F4O3. The number of hydrogen-bond acceptors (Lipinski definition) is 3. The molecule has 0 amide bonds. The van der Waals surface area contributed by atoms with Crippen LogP contribution in [0.1, 0.15) is 5.56 Å². The van der Waals surface area contributed by atoms with E-state index < -0.39 is 32.0 Å². The van der Waals surface area contributed by atoms with Gasteiger partial charge in [0.25, 0.3) is 0 Å². The number of benzene rings is 1. The summed E-state index contributed by atoms with van der Waals surface area (Å²) in [5.41, 5.74) is 0.164. The van der Waals surface area contributed by atoms with Crippen molar-refractivity contribution in [3.8, 4) is 5.75 Å². The molecule has 96 valence electrons. The molecule has 17 heavy (non-hydrogen) atoms. The molecule has 7 heteroatoms. The van der Waals surface area contributed by atoms with Gasteiger partial charge in [0.1, 0.15) is 6.61 Å². The van der Waals surface area contributed by atoms with E-state index in [1.807, 2.05) is 0 Å². The molecule has 0 aliphatic rings. The predicted octanol–water partition coefficient (Wildman–Crippen LogP) is 2.23. The Morgan fingerprint density at radius 3 is 2.47 bits per heavy atom. The van der Waals surface area contributed by atoms with Gasteiger partial charge >= 0.3 is 6.36 Å². The second-order valence-corrected chi connectivity index (χ2v) is 3.03. The summed E-state index contributed by atoms with van der Waals surface area (Å²) in [6.07, 6.45) is -4.74.